The van der Waals surface area contributed by atoms with E-state index in [1.165, 1.54) is 23.4 Å². The van der Waals surface area contributed by atoms with Crippen LogP contribution in [0.5, 0.6) is 0 Å². The molecule has 0 saturated carbocycles. The zero-order chi connectivity index (χ0) is 13.0. The average molecular weight is 285 g/mol. The zero-order valence-corrected chi connectivity index (χ0v) is 12.7. The number of anilines is 1. The summed E-state index contributed by atoms with van der Waals surface area (Å²) < 4.78 is 0. The van der Waals surface area contributed by atoms with Crippen LogP contribution in [0.25, 0.3) is 0 Å². The van der Waals surface area contributed by atoms with Gasteiger partial charge in [-0.3, -0.25) is 0 Å². The number of nitrogens with zero attached hydrogens (tertiary/aromatic N) is 1. The van der Waals surface area contributed by atoms with Crippen molar-refractivity contribution in [3.63, 3.8) is 0 Å². The lowest BCUT2D eigenvalue weighted by Gasteiger charge is -2.35. The molecule has 18 heavy (non-hydrogen) atoms. The number of nitrogens with one attached hydrogen (secondary N) is 1. The van der Waals surface area contributed by atoms with Gasteiger partial charge in [0, 0.05) is 41.3 Å². The molecular formula is C14H21ClN2S. The van der Waals surface area contributed by atoms with Crippen molar-refractivity contribution in [3.05, 3.63) is 28.8 Å². The number of benzene rings is 1. The van der Waals surface area contributed by atoms with Crippen LogP contribution >= 0.6 is 23.4 Å². The Bertz CT molecular complexity index is 397. The first-order chi connectivity index (χ1) is 8.74. The summed E-state index contributed by atoms with van der Waals surface area (Å²) in [6.07, 6.45) is 1.25. The van der Waals surface area contributed by atoms with Gasteiger partial charge < -0.3 is 10.2 Å². The summed E-state index contributed by atoms with van der Waals surface area (Å²) in [6.45, 7) is 5.44. The summed E-state index contributed by atoms with van der Waals surface area (Å²) in [4.78, 5) is 2.51. The van der Waals surface area contributed by atoms with Crippen molar-refractivity contribution in [2.24, 2.45) is 0 Å². The molecule has 1 unspecified atom stereocenters. The fourth-order valence-corrected chi connectivity index (χ4v) is 3.75. The van der Waals surface area contributed by atoms with E-state index in [2.05, 4.69) is 41.0 Å². The quantitative estimate of drug-likeness (QED) is 0.912. The van der Waals surface area contributed by atoms with Crippen LogP contribution in [0.4, 0.5) is 5.69 Å². The first-order valence-electron chi connectivity index (χ1n) is 6.54. The van der Waals surface area contributed by atoms with E-state index in [9.17, 15) is 0 Å². The normalized spacial score (nSPS) is 20.2. The second kappa shape index (κ2) is 6.69. The van der Waals surface area contributed by atoms with Crippen LogP contribution in [0.2, 0.25) is 5.02 Å². The fraction of sp³-hybridized carbons (Fsp3) is 0.571. The van der Waals surface area contributed by atoms with Gasteiger partial charge in [0.2, 0.25) is 0 Å². The minimum absolute atomic E-state index is 0.761. The molecule has 0 radical (unpaired) electrons. The van der Waals surface area contributed by atoms with Crippen molar-refractivity contribution in [1.29, 1.82) is 0 Å². The Kier molecular flexibility index (Phi) is 5.22. The third-order valence-electron chi connectivity index (χ3n) is 3.34. The van der Waals surface area contributed by atoms with Crippen molar-refractivity contribution in [2.45, 2.75) is 25.1 Å². The zero-order valence-electron chi connectivity index (χ0n) is 11.1. The molecule has 1 aromatic carbocycles. The Morgan fingerprint density at radius 2 is 2.33 bits per heavy atom. The predicted octanol–water partition coefficient (Wildman–Crippen LogP) is 3.39. The molecule has 1 N–H and O–H groups in total. The molecule has 1 fully saturated rings. The van der Waals surface area contributed by atoms with Gasteiger partial charge >= 0.3 is 0 Å². The van der Waals surface area contributed by atoms with Crippen LogP contribution in [-0.4, -0.2) is 31.1 Å². The van der Waals surface area contributed by atoms with E-state index in [4.69, 9.17) is 11.6 Å². The number of rotatable bonds is 4. The highest BCUT2D eigenvalue weighted by atomic mass is 35.5. The second-order valence-electron chi connectivity index (χ2n) is 4.65. The van der Waals surface area contributed by atoms with E-state index in [1.54, 1.807) is 0 Å². The van der Waals surface area contributed by atoms with Gasteiger partial charge in [-0.25, -0.2) is 0 Å². The van der Waals surface area contributed by atoms with E-state index < -0.39 is 0 Å². The molecule has 0 bridgehead atoms. The molecule has 1 aromatic rings. The van der Waals surface area contributed by atoms with Gasteiger partial charge in [0.05, 0.1) is 0 Å². The smallest absolute Gasteiger partial charge is 0.0413 e. The molecule has 1 heterocycles. The molecule has 2 nitrogen and oxygen atoms in total. The number of thioether (sulfide) groups is 1. The molecule has 1 aliphatic heterocycles. The van der Waals surface area contributed by atoms with Crippen molar-refractivity contribution in [2.75, 3.05) is 30.8 Å². The molecule has 0 aromatic heterocycles. The van der Waals surface area contributed by atoms with E-state index >= 15 is 0 Å². The summed E-state index contributed by atoms with van der Waals surface area (Å²) in [6, 6.07) is 6.24. The highest BCUT2D eigenvalue weighted by Crippen LogP contribution is 2.29. The molecule has 1 saturated heterocycles. The molecular weight excluding hydrogens is 264 g/mol. The molecule has 1 atom stereocenters. The topological polar surface area (TPSA) is 15.3 Å². The summed E-state index contributed by atoms with van der Waals surface area (Å²) in [5.74, 6) is 1.22. The minimum Gasteiger partial charge on any atom is -0.369 e. The number of halogens is 1. The Labute approximate surface area is 119 Å². The van der Waals surface area contributed by atoms with E-state index in [0.29, 0.717) is 0 Å². The molecule has 100 valence electrons. The van der Waals surface area contributed by atoms with Crippen LogP contribution < -0.4 is 10.2 Å². The van der Waals surface area contributed by atoms with Gasteiger partial charge in [0.1, 0.15) is 0 Å². The first-order valence-corrected chi connectivity index (χ1v) is 7.96. The van der Waals surface area contributed by atoms with Crippen molar-refractivity contribution in [3.8, 4) is 0 Å². The third kappa shape index (κ3) is 3.34. The van der Waals surface area contributed by atoms with Gasteiger partial charge in [-0.05, 0) is 37.2 Å². The largest absolute Gasteiger partial charge is 0.369 e. The maximum absolute atomic E-state index is 6.10. The third-order valence-corrected chi connectivity index (χ3v) is 4.95. The van der Waals surface area contributed by atoms with Gasteiger partial charge in [-0.15, -0.1) is 0 Å². The standard InChI is InChI=1S/C14H21ClN2S/c1-3-13-10-17(6-7-18-13)14-5-4-12(15)8-11(14)9-16-2/h4-5,8,13,16H,3,6-7,9-10H2,1-2H3. The summed E-state index contributed by atoms with van der Waals surface area (Å²) in [7, 11) is 1.98. The summed E-state index contributed by atoms with van der Waals surface area (Å²) in [5, 5.41) is 4.81. The van der Waals surface area contributed by atoms with E-state index in [0.717, 1.165) is 29.9 Å². The average Bonchev–Trinajstić information content (AvgIpc) is 2.39. The SMILES string of the molecule is CCC1CN(c2ccc(Cl)cc2CNC)CCS1. The van der Waals surface area contributed by atoms with E-state index in [1.807, 2.05) is 13.1 Å². The first kappa shape index (κ1) is 14.0. The van der Waals surface area contributed by atoms with Crippen LogP contribution in [0, 0.1) is 0 Å². The van der Waals surface area contributed by atoms with Crippen LogP contribution in [0.1, 0.15) is 18.9 Å². The van der Waals surface area contributed by atoms with Crippen molar-refractivity contribution >= 4 is 29.1 Å². The lowest BCUT2D eigenvalue weighted by atomic mass is 10.1. The van der Waals surface area contributed by atoms with Crippen LogP contribution in [-0.2, 0) is 6.54 Å². The summed E-state index contributed by atoms with van der Waals surface area (Å²) in [5.41, 5.74) is 2.64. The highest BCUT2D eigenvalue weighted by molar-refractivity contribution is 8.00. The lowest BCUT2D eigenvalue weighted by molar-refractivity contribution is 0.719. The molecule has 0 spiro atoms. The minimum atomic E-state index is 0.761. The molecule has 2 rings (SSSR count). The van der Waals surface area contributed by atoms with Gasteiger partial charge in [0.15, 0.2) is 0 Å². The van der Waals surface area contributed by atoms with Crippen LogP contribution in [0.15, 0.2) is 18.2 Å². The number of hydrogen-bond donors (Lipinski definition) is 1. The van der Waals surface area contributed by atoms with Gasteiger partial charge in [0.25, 0.3) is 0 Å². The Balaban J connectivity index is 2.20. The molecule has 0 aliphatic carbocycles. The summed E-state index contributed by atoms with van der Waals surface area (Å²) >= 11 is 8.20. The number of hydrogen-bond acceptors (Lipinski definition) is 3. The molecule has 1 aliphatic rings. The Morgan fingerprint density at radius 3 is 3.06 bits per heavy atom. The maximum atomic E-state index is 6.10. The van der Waals surface area contributed by atoms with Gasteiger partial charge in [-0.2, -0.15) is 11.8 Å². The maximum Gasteiger partial charge on any atom is 0.0413 e. The molecule has 4 heteroatoms. The van der Waals surface area contributed by atoms with Crippen LogP contribution in [0.3, 0.4) is 0 Å². The van der Waals surface area contributed by atoms with E-state index in [-0.39, 0.29) is 0 Å². The van der Waals surface area contributed by atoms with Crippen molar-refractivity contribution < 1.29 is 0 Å². The monoisotopic (exact) mass is 284 g/mol. The Morgan fingerprint density at radius 1 is 1.50 bits per heavy atom. The highest BCUT2D eigenvalue weighted by Gasteiger charge is 2.20. The lowest BCUT2D eigenvalue weighted by Crippen LogP contribution is -2.38. The fourth-order valence-electron chi connectivity index (χ4n) is 2.38. The Hall–Kier alpha value is -0.380. The van der Waals surface area contributed by atoms with Gasteiger partial charge in [-0.1, -0.05) is 18.5 Å². The predicted molar refractivity (Wildman–Crippen MR) is 83.0 cm³/mol. The second-order valence-corrected chi connectivity index (χ2v) is 6.50. The van der Waals surface area contributed by atoms with Crippen molar-refractivity contribution in [1.82, 2.24) is 5.32 Å². The molecule has 0 amide bonds.